The normalized spacial score (nSPS) is 45.5. The molecule has 1 aliphatic rings. The molecule has 4 unspecified atom stereocenters. The lowest BCUT2D eigenvalue weighted by Gasteiger charge is -2.38. The molecule has 1 rings (SSSR count). The molecule has 0 aromatic heterocycles. The average molecular weight is 216 g/mol. The van der Waals surface area contributed by atoms with Gasteiger partial charge in [-0.3, -0.25) is 0 Å². The molecule has 0 bridgehead atoms. The van der Waals surface area contributed by atoms with Gasteiger partial charge < -0.3 is 30.9 Å². The molecule has 0 radical (unpaired) electrons. The molecule has 0 saturated carbocycles. The summed E-state index contributed by atoms with van der Waals surface area (Å²) in [5, 5.41) is 36.1. The summed E-state index contributed by atoms with van der Waals surface area (Å²) in [5.41, 5.74) is 5.26. The highest BCUT2D eigenvalue weighted by Crippen LogP contribution is 2.17. The lowest BCUT2D eigenvalue weighted by Crippen LogP contribution is -2.61. The Labute approximate surface area is 81.3 Å². The molecule has 6 N–H and O–H groups in total. The molecule has 6 nitrogen and oxygen atoms in total. The predicted molar refractivity (Wildman–Crippen MR) is 45.2 cm³/mol. The monoisotopic (exact) mass is 215 g/mol. The Bertz CT molecular complexity index is 155. The zero-order valence-corrected chi connectivity index (χ0v) is 7.59. The number of aliphatic hydroxyl groups is 4. The minimum Gasteiger partial charge on any atom is -0.394 e. The first kappa shape index (κ1) is 13.1. The second kappa shape index (κ2) is 5.06. The number of hydrogen-bond donors (Lipinski definition) is 5. The number of rotatable bonds is 1. The van der Waals surface area contributed by atoms with E-state index in [1.165, 1.54) is 0 Å². The van der Waals surface area contributed by atoms with Gasteiger partial charge in [-0.15, -0.1) is 12.4 Å². The Balaban J connectivity index is 0.00000144. The molecule has 7 heteroatoms. The van der Waals surface area contributed by atoms with Gasteiger partial charge in [0.15, 0.2) is 6.29 Å². The number of ether oxygens (including phenoxy) is 1. The van der Waals surface area contributed by atoms with E-state index in [0.717, 1.165) is 0 Å². The van der Waals surface area contributed by atoms with E-state index in [1.54, 1.807) is 0 Å². The van der Waals surface area contributed by atoms with E-state index < -0.39 is 37.3 Å². The highest BCUT2D eigenvalue weighted by atomic mass is 35.5. The summed E-state index contributed by atoms with van der Waals surface area (Å²) in [4.78, 5) is 0. The van der Waals surface area contributed by atoms with Gasteiger partial charge in [-0.2, -0.15) is 0 Å². The van der Waals surface area contributed by atoms with Gasteiger partial charge in [0.05, 0.1) is 12.6 Å². The van der Waals surface area contributed by atoms with Crippen molar-refractivity contribution in [3.63, 3.8) is 0 Å². The van der Waals surface area contributed by atoms with Gasteiger partial charge in [0.2, 0.25) is 0 Å². The smallest absolute Gasteiger partial charge is 0.173 e. The van der Waals surface area contributed by atoms with Crippen LogP contribution in [0, 0.1) is 0 Å². The molecule has 0 aromatic rings. The third-order valence-corrected chi connectivity index (χ3v) is 1.95. The van der Waals surface area contributed by atoms with Crippen LogP contribution >= 0.6 is 12.4 Å². The maximum atomic E-state index is 9.20. The predicted octanol–water partition coefficient (Wildman–Crippen LogP) is -2.83. The van der Waals surface area contributed by atoms with Crippen LogP contribution in [0.25, 0.3) is 0 Å². The summed E-state index contributed by atoms with van der Waals surface area (Å²) in [6.07, 6.45) is -4.85. The Morgan fingerprint density at radius 1 is 1.15 bits per heavy atom. The van der Waals surface area contributed by atoms with E-state index in [9.17, 15) is 10.2 Å². The zero-order chi connectivity index (χ0) is 9.30. The van der Waals surface area contributed by atoms with Crippen molar-refractivity contribution < 1.29 is 25.2 Å². The van der Waals surface area contributed by atoms with Crippen molar-refractivity contribution in [1.82, 2.24) is 0 Å². The van der Waals surface area contributed by atoms with E-state index >= 15 is 0 Å². The minimum absolute atomic E-state index is 0. The molecule has 1 fully saturated rings. The van der Waals surface area contributed by atoms with E-state index in [0.29, 0.717) is 0 Å². The summed E-state index contributed by atoms with van der Waals surface area (Å²) >= 11 is 0. The lowest BCUT2D eigenvalue weighted by molar-refractivity contribution is -0.248. The Kier molecular flexibility index (Phi) is 5.08. The third-order valence-electron chi connectivity index (χ3n) is 1.95. The Hall–Kier alpha value is 0.0500. The van der Waals surface area contributed by atoms with Crippen LogP contribution in [-0.2, 0) is 4.74 Å². The maximum Gasteiger partial charge on any atom is 0.173 e. The average Bonchev–Trinajstić information content (AvgIpc) is 2.08. The van der Waals surface area contributed by atoms with Gasteiger partial charge in [-0.05, 0) is 0 Å². The first-order chi connectivity index (χ1) is 5.57. The summed E-state index contributed by atoms with van der Waals surface area (Å²) < 4.78 is 4.70. The number of nitrogens with two attached hydrogens (primary N) is 1. The highest BCUT2D eigenvalue weighted by Gasteiger charge is 2.41. The van der Waals surface area contributed by atoms with Gasteiger partial charge in [-0.25, -0.2) is 0 Å². The molecule has 0 amide bonds. The van der Waals surface area contributed by atoms with Gasteiger partial charge in [0.25, 0.3) is 0 Å². The fraction of sp³-hybridized carbons (Fsp3) is 1.00. The first-order valence-electron chi connectivity index (χ1n) is 3.64. The quantitative estimate of drug-likeness (QED) is 0.322. The summed E-state index contributed by atoms with van der Waals surface area (Å²) in [6.45, 7) is -0.470. The summed E-state index contributed by atoms with van der Waals surface area (Å²) in [7, 11) is 0. The van der Waals surface area contributed by atoms with E-state index in [4.69, 9.17) is 20.7 Å². The molecular formula is C6H14ClNO5. The minimum atomic E-state index is -1.35. The van der Waals surface area contributed by atoms with E-state index in [2.05, 4.69) is 0 Å². The van der Waals surface area contributed by atoms with Crippen LogP contribution in [0.15, 0.2) is 0 Å². The van der Waals surface area contributed by atoms with Crippen LogP contribution in [-0.4, -0.2) is 57.7 Å². The fourth-order valence-corrected chi connectivity index (χ4v) is 1.12. The fourth-order valence-electron chi connectivity index (χ4n) is 1.12. The van der Waals surface area contributed by atoms with E-state index in [1.807, 2.05) is 0 Å². The molecule has 0 aliphatic carbocycles. The van der Waals surface area contributed by atoms with Crippen molar-refractivity contribution in [1.29, 1.82) is 0 Å². The molecule has 13 heavy (non-hydrogen) atoms. The third kappa shape index (κ3) is 2.50. The van der Waals surface area contributed by atoms with Crippen molar-refractivity contribution >= 4 is 12.4 Å². The van der Waals surface area contributed by atoms with Crippen LogP contribution in [0.5, 0.6) is 0 Å². The van der Waals surface area contributed by atoms with Crippen LogP contribution < -0.4 is 5.73 Å². The van der Waals surface area contributed by atoms with Crippen molar-refractivity contribution in [2.45, 2.75) is 30.6 Å². The SMILES string of the molecule is Cl.N[C@@H]1C(O)OC(CO)C(O)C1O. The van der Waals surface area contributed by atoms with Gasteiger partial charge in [0.1, 0.15) is 18.3 Å². The second-order valence-corrected chi connectivity index (χ2v) is 2.81. The summed E-state index contributed by atoms with van der Waals surface area (Å²) in [5.74, 6) is 0. The molecule has 1 heterocycles. The summed E-state index contributed by atoms with van der Waals surface area (Å²) in [6, 6.07) is -1.04. The number of aliphatic hydroxyl groups excluding tert-OH is 4. The van der Waals surface area contributed by atoms with Gasteiger partial charge in [0, 0.05) is 0 Å². The number of hydrogen-bond acceptors (Lipinski definition) is 6. The van der Waals surface area contributed by atoms with Crippen molar-refractivity contribution in [2.24, 2.45) is 5.73 Å². The largest absolute Gasteiger partial charge is 0.394 e. The molecule has 1 aliphatic heterocycles. The molecule has 5 atom stereocenters. The number of halogens is 1. The maximum absolute atomic E-state index is 9.20. The van der Waals surface area contributed by atoms with Crippen molar-refractivity contribution in [3.8, 4) is 0 Å². The van der Waals surface area contributed by atoms with Crippen LogP contribution in [0.1, 0.15) is 0 Å². The Morgan fingerprint density at radius 3 is 2.15 bits per heavy atom. The molecule has 0 aromatic carbocycles. The van der Waals surface area contributed by atoms with E-state index in [-0.39, 0.29) is 12.4 Å². The molecular weight excluding hydrogens is 202 g/mol. The van der Waals surface area contributed by atoms with Gasteiger partial charge >= 0.3 is 0 Å². The molecule has 1 saturated heterocycles. The van der Waals surface area contributed by atoms with Crippen LogP contribution in [0.2, 0.25) is 0 Å². The Morgan fingerprint density at radius 2 is 1.69 bits per heavy atom. The van der Waals surface area contributed by atoms with Crippen LogP contribution in [0.3, 0.4) is 0 Å². The van der Waals surface area contributed by atoms with Gasteiger partial charge in [-0.1, -0.05) is 0 Å². The van der Waals surface area contributed by atoms with Crippen LogP contribution in [0.4, 0.5) is 0 Å². The van der Waals surface area contributed by atoms with Crippen molar-refractivity contribution in [2.75, 3.05) is 6.61 Å². The first-order valence-corrected chi connectivity index (χ1v) is 3.64. The zero-order valence-electron chi connectivity index (χ0n) is 6.78. The highest BCUT2D eigenvalue weighted by molar-refractivity contribution is 5.85. The molecule has 80 valence electrons. The lowest BCUT2D eigenvalue weighted by atomic mass is 9.98. The van der Waals surface area contributed by atoms with Crippen molar-refractivity contribution in [3.05, 3.63) is 0 Å². The molecule has 0 spiro atoms. The standard InChI is InChI=1S/C6H13NO5.ClH/c7-3-5(10)4(9)2(1-8)12-6(3)11;/h2-6,8-11H,1,7H2;1H/t2?,3-,4?,5?,6?;/m0./s1. The topological polar surface area (TPSA) is 116 Å². The second-order valence-electron chi connectivity index (χ2n) is 2.81.